The van der Waals surface area contributed by atoms with Crippen molar-refractivity contribution < 1.29 is 14.3 Å². The number of carbonyl (C=O) groups excluding carboxylic acids is 1. The lowest BCUT2D eigenvalue weighted by molar-refractivity contribution is -0.125. The molecule has 1 aromatic carbocycles. The standard InChI is InChI=1S/C22H24N6O3/c1-15-23-6-9-28(15)21-11-20(25-13-26-21)27-7-4-17(5-8-27)22(29)24-12-16-2-3-18-19(10-16)31-14-30-18/h2-3,6,9-11,13,17H,4-5,7-8,12,14H2,1H3,(H,24,29). The van der Waals surface area contributed by atoms with Crippen molar-refractivity contribution in [3.05, 3.63) is 54.4 Å². The van der Waals surface area contributed by atoms with E-state index in [1.807, 2.05) is 42.0 Å². The molecule has 1 N–H and O–H groups in total. The SMILES string of the molecule is Cc1nccn1-c1cc(N2CCC(C(=O)NCc3ccc4c(c3)OCO4)CC2)ncn1. The van der Waals surface area contributed by atoms with Gasteiger partial charge in [-0.2, -0.15) is 0 Å². The number of imidazole rings is 1. The minimum Gasteiger partial charge on any atom is -0.454 e. The summed E-state index contributed by atoms with van der Waals surface area (Å²) in [6.07, 6.45) is 6.80. The molecule has 0 spiro atoms. The predicted octanol–water partition coefficient (Wildman–Crippen LogP) is 2.23. The number of benzene rings is 1. The molecule has 3 aromatic rings. The van der Waals surface area contributed by atoms with Crippen LogP contribution in [-0.4, -0.2) is 45.3 Å². The van der Waals surface area contributed by atoms with Crippen molar-refractivity contribution in [1.29, 1.82) is 0 Å². The summed E-state index contributed by atoms with van der Waals surface area (Å²) >= 11 is 0. The molecule has 9 nitrogen and oxygen atoms in total. The molecule has 4 heterocycles. The summed E-state index contributed by atoms with van der Waals surface area (Å²) in [5.41, 5.74) is 0.998. The number of anilines is 1. The zero-order valence-corrected chi connectivity index (χ0v) is 17.3. The molecule has 2 aliphatic heterocycles. The van der Waals surface area contributed by atoms with Crippen LogP contribution in [0.1, 0.15) is 24.2 Å². The molecule has 0 radical (unpaired) electrons. The van der Waals surface area contributed by atoms with Crippen molar-refractivity contribution in [2.75, 3.05) is 24.8 Å². The van der Waals surface area contributed by atoms with Gasteiger partial charge in [-0.25, -0.2) is 15.0 Å². The molecule has 0 aliphatic carbocycles. The average Bonchev–Trinajstić information content (AvgIpc) is 3.46. The lowest BCUT2D eigenvalue weighted by atomic mass is 9.96. The van der Waals surface area contributed by atoms with Gasteiger partial charge in [0.25, 0.3) is 0 Å². The Kier molecular flexibility index (Phi) is 5.15. The molecule has 2 aliphatic rings. The Hall–Kier alpha value is -3.62. The minimum absolute atomic E-state index is 0.00228. The largest absolute Gasteiger partial charge is 0.454 e. The van der Waals surface area contributed by atoms with Crippen LogP contribution in [0.15, 0.2) is 43.0 Å². The van der Waals surface area contributed by atoms with Crippen LogP contribution in [-0.2, 0) is 11.3 Å². The van der Waals surface area contributed by atoms with Gasteiger partial charge in [0.15, 0.2) is 11.5 Å². The van der Waals surface area contributed by atoms with Crippen LogP contribution < -0.4 is 19.7 Å². The third kappa shape index (κ3) is 4.03. The van der Waals surface area contributed by atoms with Crippen molar-refractivity contribution in [2.45, 2.75) is 26.3 Å². The number of hydrogen-bond donors (Lipinski definition) is 1. The van der Waals surface area contributed by atoms with Crippen LogP contribution in [0, 0.1) is 12.8 Å². The van der Waals surface area contributed by atoms with Crippen LogP contribution in [0.5, 0.6) is 11.5 Å². The van der Waals surface area contributed by atoms with Crippen LogP contribution in [0.2, 0.25) is 0 Å². The van der Waals surface area contributed by atoms with Gasteiger partial charge >= 0.3 is 0 Å². The van der Waals surface area contributed by atoms with Gasteiger partial charge in [0, 0.05) is 44.0 Å². The Bertz CT molecular complexity index is 1090. The van der Waals surface area contributed by atoms with Crippen molar-refractivity contribution in [3.8, 4) is 17.3 Å². The van der Waals surface area contributed by atoms with E-state index in [4.69, 9.17) is 9.47 Å². The molecular weight excluding hydrogens is 396 g/mol. The summed E-state index contributed by atoms with van der Waals surface area (Å²) in [4.78, 5) is 27.9. The van der Waals surface area contributed by atoms with Crippen molar-refractivity contribution in [2.24, 2.45) is 5.92 Å². The quantitative estimate of drug-likeness (QED) is 0.676. The van der Waals surface area contributed by atoms with Gasteiger partial charge in [0.1, 0.15) is 23.8 Å². The zero-order chi connectivity index (χ0) is 21.2. The number of aryl methyl sites for hydroxylation is 1. The Morgan fingerprint density at radius 1 is 1.10 bits per heavy atom. The maximum atomic E-state index is 12.7. The van der Waals surface area contributed by atoms with E-state index < -0.39 is 0 Å². The van der Waals surface area contributed by atoms with E-state index in [0.717, 1.165) is 60.5 Å². The molecule has 0 atom stereocenters. The third-order valence-corrected chi connectivity index (χ3v) is 5.80. The second-order valence-corrected chi connectivity index (χ2v) is 7.75. The van der Waals surface area contributed by atoms with Gasteiger partial charge in [-0.05, 0) is 37.5 Å². The van der Waals surface area contributed by atoms with E-state index in [0.29, 0.717) is 6.54 Å². The highest BCUT2D eigenvalue weighted by Gasteiger charge is 2.26. The zero-order valence-electron chi connectivity index (χ0n) is 17.3. The minimum atomic E-state index is 0.00228. The number of hydrogen-bond acceptors (Lipinski definition) is 7. The normalized spacial score (nSPS) is 15.8. The molecule has 0 saturated carbocycles. The average molecular weight is 420 g/mol. The number of rotatable bonds is 5. The fourth-order valence-corrected chi connectivity index (χ4v) is 4.02. The highest BCUT2D eigenvalue weighted by Crippen LogP contribution is 2.32. The Morgan fingerprint density at radius 2 is 1.90 bits per heavy atom. The summed E-state index contributed by atoms with van der Waals surface area (Å²) in [7, 11) is 0. The molecule has 1 fully saturated rings. The van der Waals surface area contributed by atoms with Gasteiger partial charge < -0.3 is 19.7 Å². The van der Waals surface area contributed by atoms with Gasteiger partial charge in [0.2, 0.25) is 12.7 Å². The maximum absolute atomic E-state index is 12.7. The highest BCUT2D eigenvalue weighted by atomic mass is 16.7. The molecule has 1 amide bonds. The van der Waals surface area contributed by atoms with E-state index in [1.165, 1.54) is 0 Å². The Labute approximate surface area is 180 Å². The van der Waals surface area contributed by atoms with E-state index in [2.05, 4.69) is 25.2 Å². The smallest absolute Gasteiger partial charge is 0.231 e. The number of nitrogens with zero attached hydrogens (tertiary/aromatic N) is 5. The number of fused-ring (bicyclic) bond motifs is 1. The van der Waals surface area contributed by atoms with Crippen LogP contribution in [0.3, 0.4) is 0 Å². The lowest BCUT2D eigenvalue weighted by Gasteiger charge is -2.32. The van der Waals surface area contributed by atoms with Crippen molar-refractivity contribution >= 4 is 11.7 Å². The number of ether oxygens (including phenoxy) is 2. The maximum Gasteiger partial charge on any atom is 0.231 e. The summed E-state index contributed by atoms with van der Waals surface area (Å²) < 4.78 is 12.7. The molecule has 1 saturated heterocycles. The van der Waals surface area contributed by atoms with E-state index in [1.54, 1.807) is 12.5 Å². The second kappa shape index (κ2) is 8.25. The van der Waals surface area contributed by atoms with Crippen molar-refractivity contribution in [3.63, 3.8) is 0 Å². The molecular formula is C22H24N6O3. The van der Waals surface area contributed by atoms with Gasteiger partial charge in [-0.1, -0.05) is 6.07 Å². The van der Waals surface area contributed by atoms with Crippen LogP contribution >= 0.6 is 0 Å². The van der Waals surface area contributed by atoms with Crippen molar-refractivity contribution in [1.82, 2.24) is 24.8 Å². The number of piperidine rings is 1. The first kappa shape index (κ1) is 19.3. The third-order valence-electron chi connectivity index (χ3n) is 5.80. The summed E-state index contributed by atoms with van der Waals surface area (Å²) in [6.45, 7) is 4.23. The molecule has 0 bridgehead atoms. The van der Waals surface area contributed by atoms with E-state index in [-0.39, 0.29) is 18.6 Å². The monoisotopic (exact) mass is 420 g/mol. The van der Waals surface area contributed by atoms with E-state index in [9.17, 15) is 4.79 Å². The number of amides is 1. The first-order chi connectivity index (χ1) is 15.2. The summed E-state index contributed by atoms with van der Waals surface area (Å²) in [6, 6.07) is 7.71. The fourth-order valence-electron chi connectivity index (χ4n) is 4.02. The molecule has 5 rings (SSSR count). The fraction of sp³-hybridized carbons (Fsp3) is 0.364. The molecule has 31 heavy (non-hydrogen) atoms. The summed E-state index contributed by atoms with van der Waals surface area (Å²) in [5.74, 6) is 4.12. The Morgan fingerprint density at radius 3 is 2.71 bits per heavy atom. The predicted molar refractivity (Wildman–Crippen MR) is 113 cm³/mol. The lowest BCUT2D eigenvalue weighted by Crippen LogP contribution is -2.40. The van der Waals surface area contributed by atoms with Gasteiger partial charge in [-0.15, -0.1) is 0 Å². The first-order valence-electron chi connectivity index (χ1n) is 10.4. The number of nitrogens with one attached hydrogen (secondary N) is 1. The molecule has 160 valence electrons. The molecule has 9 heteroatoms. The first-order valence-corrected chi connectivity index (χ1v) is 10.4. The molecule has 0 unspecified atom stereocenters. The molecule has 2 aromatic heterocycles. The number of carbonyl (C=O) groups is 1. The van der Waals surface area contributed by atoms with Crippen LogP contribution in [0.4, 0.5) is 5.82 Å². The van der Waals surface area contributed by atoms with E-state index >= 15 is 0 Å². The number of aromatic nitrogens is 4. The topological polar surface area (TPSA) is 94.4 Å². The highest BCUT2D eigenvalue weighted by molar-refractivity contribution is 5.79. The van der Waals surface area contributed by atoms with Gasteiger partial charge in [-0.3, -0.25) is 9.36 Å². The second-order valence-electron chi connectivity index (χ2n) is 7.75. The van der Waals surface area contributed by atoms with Crippen LogP contribution in [0.25, 0.3) is 5.82 Å². The summed E-state index contributed by atoms with van der Waals surface area (Å²) in [5, 5.41) is 3.06. The van der Waals surface area contributed by atoms with Gasteiger partial charge in [0.05, 0.1) is 0 Å². The Balaban J connectivity index is 1.16.